The molecule has 4 N–H and O–H groups in total. The number of rotatable bonds is 15. The molecule has 21 nitrogen and oxygen atoms in total. The number of nitrogen functional groups attached to an aromatic ring is 1. The summed E-state index contributed by atoms with van der Waals surface area (Å²) in [6.07, 6.45) is 10.1. The highest BCUT2D eigenvalue weighted by molar-refractivity contribution is 9.11. The van der Waals surface area contributed by atoms with Crippen LogP contribution in [0.15, 0.2) is 143 Å². The van der Waals surface area contributed by atoms with Gasteiger partial charge in [0.2, 0.25) is 40.6 Å². The summed E-state index contributed by atoms with van der Waals surface area (Å²) in [5.74, 6) is 2.54. The van der Waals surface area contributed by atoms with Crippen LogP contribution in [0.5, 0.6) is 23.0 Å². The van der Waals surface area contributed by atoms with E-state index in [4.69, 9.17) is 15.2 Å². The van der Waals surface area contributed by atoms with E-state index in [1.54, 1.807) is 126 Å². The number of carbonyl (C=O) groups excluding carboxylic acids is 5. The zero-order valence-corrected chi connectivity index (χ0v) is 54.5. The molecule has 476 valence electrons. The highest BCUT2D eigenvalue weighted by Crippen LogP contribution is 2.35. The second-order valence-electron chi connectivity index (χ2n) is 20.3. The molecule has 0 atom stereocenters. The fraction of sp³-hybridized carbons (Fsp3) is 0.227. The molecule has 26 heteroatoms. The third kappa shape index (κ3) is 17.0. The van der Waals surface area contributed by atoms with Crippen molar-refractivity contribution in [3.8, 4) is 23.0 Å². The third-order valence-corrected chi connectivity index (χ3v) is 14.8. The second-order valence-corrected chi connectivity index (χ2v) is 22.0. The van der Waals surface area contributed by atoms with E-state index in [1.165, 1.54) is 12.1 Å². The van der Waals surface area contributed by atoms with Crippen molar-refractivity contribution in [2.24, 2.45) is 0 Å². The van der Waals surface area contributed by atoms with E-state index >= 15 is 0 Å². The normalized spacial score (nSPS) is 10.8. The lowest BCUT2D eigenvalue weighted by molar-refractivity contribution is -0.138. The van der Waals surface area contributed by atoms with Crippen LogP contribution in [0.1, 0.15) is 138 Å². The average molecular weight is 1390 g/mol. The summed E-state index contributed by atoms with van der Waals surface area (Å²) >= 11 is 6.52. The topological polar surface area (TPSA) is 287 Å². The SMILES string of the molecule is CCC(=O)CC(=O)c1ccc(OC)cc1.CCc1nc2ncc(C)cn2c1C(=O)c1cc(Br)c(O)c(Br)c1.CCc1nc2ncc(C)cn2c1C(=O)c1ccc(O)cc1.CCc1nc2ncc(C)cn2c1C(=O)c1ccc(OC)cc1.Nc1ncc(C(F)(F)F)cn1. The number of halogens is 5. The second kappa shape index (κ2) is 31.1. The largest absolute Gasteiger partial charge is 0.508 e. The lowest BCUT2D eigenvalue weighted by Crippen LogP contribution is -2.09. The van der Waals surface area contributed by atoms with Gasteiger partial charge in [0.1, 0.15) is 45.9 Å². The molecule has 11 aromatic rings. The van der Waals surface area contributed by atoms with Crippen LogP contribution in [0.2, 0.25) is 0 Å². The van der Waals surface area contributed by atoms with Gasteiger partial charge in [-0.3, -0.25) is 37.2 Å². The molecular formula is C66H63Br2F3N12O9. The van der Waals surface area contributed by atoms with Crippen LogP contribution in [0.4, 0.5) is 19.1 Å². The first-order valence-electron chi connectivity index (χ1n) is 28.4. The Hall–Kier alpha value is -10.1. The Bertz CT molecular complexity index is 4440. The number of hydrogen-bond donors (Lipinski definition) is 3. The fourth-order valence-electron chi connectivity index (χ4n) is 8.82. The van der Waals surface area contributed by atoms with Gasteiger partial charge in [0, 0.05) is 78.2 Å². The van der Waals surface area contributed by atoms with Crippen LogP contribution in [0, 0.1) is 20.8 Å². The number of phenols is 2. The highest BCUT2D eigenvalue weighted by Gasteiger charge is 2.31. The van der Waals surface area contributed by atoms with Crippen molar-refractivity contribution in [3.63, 3.8) is 0 Å². The Kier molecular flexibility index (Phi) is 23.5. The Morgan fingerprint density at radius 2 is 0.870 bits per heavy atom. The molecule has 0 radical (unpaired) electrons. The Labute approximate surface area is 542 Å². The van der Waals surface area contributed by atoms with Gasteiger partial charge in [0.15, 0.2) is 5.78 Å². The van der Waals surface area contributed by atoms with Crippen molar-refractivity contribution >= 4 is 84.1 Å². The number of carbonyl (C=O) groups is 5. The van der Waals surface area contributed by atoms with Crippen LogP contribution >= 0.6 is 31.9 Å². The van der Waals surface area contributed by atoms with Crippen molar-refractivity contribution in [2.75, 3.05) is 20.0 Å². The van der Waals surface area contributed by atoms with E-state index in [1.807, 2.05) is 60.1 Å². The molecule has 7 heterocycles. The number of fused-ring (bicyclic) bond motifs is 3. The van der Waals surface area contributed by atoms with Gasteiger partial charge in [-0.25, -0.2) is 39.9 Å². The number of ketones is 5. The van der Waals surface area contributed by atoms with Gasteiger partial charge in [-0.2, -0.15) is 13.2 Å². The smallest absolute Gasteiger partial charge is 0.419 e. The van der Waals surface area contributed by atoms with E-state index in [2.05, 4.69) is 71.7 Å². The first-order chi connectivity index (χ1) is 43.8. The van der Waals surface area contributed by atoms with Gasteiger partial charge >= 0.3 is 6.18 Å². The number of anilines is 1. The molecule has 0 spiro atoms. The quantitative estimate of drug-likeness (QED) is 0.0635. The summed E-state index contributed by atoms with van der Waals surface area (Å²) in [6, 6.07) is 23.3. The zero-order chi connectivity index (χ0) is 67.1. The van der Waals surface area contributed by atoms with Crippen LogP contribution in [-0.2, 0) is 30.2 Å². The molecule has 92 heavy (non-hydrogen) atoms. The van der Waals surface area contributed by atoms with E-state index in [0.29, 0.717) is 115 Å². The number of ether oxygens (including phenoxy) is 2. The van der Waals surface area contributed by atoms with E-state index < -0.39 is 11.7 Å². The third-order valence-electron chi connectivity index (χ3n) is 13.6. The van der Waals surface area contributed by atoms with Crippen molar-refractivity contribution in [1.29, 1.82) is 0 Å². The fourth-order valence-corrected chi connectivity index (χ4v) is 10.0. The van der Waals surface area contributed by atoms with Gasteiger partial charge in [-0.05, 0) is 174 Å². The maximum atomic E-state index is 13.0. The number of benzene rings is 4. The summed E-state index contributed by atoms with van der Waals surface area (Å²) < 4.78 is 51.7. The standard InChI is InChI=1S/C17H17N3O2.C16H13Br2N3O2.C16H15N3O2.C12H14O3.C5H4F3N3/c1-4-14-15(20-10-11(2)9-18-17(20)19-14)16(21)12-5-7-13(22-3)8-6-12;1-3-12-13(21-7-8(2)6-19-16(21)20-12)14(22)9-4-10(17)15(23)11(18)5-9;1-3-13-14(15(21)11-4-6-12(20)7-5-11)19-9-10(2)8-17-16(19)18-13;1-3-10(13)8-12(14)9-4-6-11(15-2)7-5-9;6-5(7,8)3-1-10-4(9)11-2-3/h5-10H,4H2,1-3H3;4-7,23H,3H2,1-2H3;4-9,20H,3H2,1-2H3;4-7H,3,8H2,1-2H3;1-2H,(H2,9,10,11). The molecule has 0 aliphatic heterocycles. The molecule has 0 aliphatic carbocycles. The summed E-state index contributed by atoms with van der Waals surface area (Å²) in [4.78, 5) is 93.8. The predicted octanol–water partition coefficient (Wildman–Crippen LogP) is 12.8. The van der Waals surface area contributed by atoms with Gasteiger partial charge < -0.3 is 25.4 Å². The molecule has 0 saturated carbocycles. The Morgan fingerprint density at radius 3 is 1.21 bits per heavy atom. The Balaban J connectivity index is 0.000000167. The lowest BCUT2D eigenvalue weighted by Gasteiger charge is -2.07. The monoisotopic (exact) mass is 1380 g/mol. The van der Waals surface area contributed by atoms with E-state index in [0.717, 1.165) is 33.8 Å². The minimum atomic E-state index is -4.40. The van der Waals surface area contributed by atoms with Gasteiger partial charge in [0.05, 0.1) is 52.2 Å². The van der Waals surface area contributed by atoms with Gasteiger partial charge in [0.25, 0.3) is 0 Å². The number of hydrogen-bond acceptors (Lipinski definition) is 18. The highest BCUT2D eigenvalue weighted by atomic mass is 79.9. The van der Waals surface area contributed by atoms with Crippen molar-refractivity contribution in [2.45, 2.75) is 86.7 Å². The van der Waals surface area contributed by atoms with Crippen molar-refractivity contribution in [3.05, 3.63) is 222 Å². The van der Waals surface area contributed by atoms with Crippen LogP contribution in [0.3, 0.4) is 0 Å². The van der Waals surface area contributed by atoms with Gasteiger partial charge in [-0.1, -0.05) is 27.7 Å². The Morgan fingerprint density at radius 1 is 0.522 bits per heavy atom. The number of nitrogens with two attached hydrogens (primary N) is 1. The van der Waals surface area contributed by atoms with Gasteiger partial charge in [-0.15, -0.1) is 0 Å². The van der Waals surface area contributed by atoms with E-state index in [-0.39, 0.29) is 52.8 Å². The number of nitrogens with zero attached hydrogens (tertiary/aromatic N) is 11. The number of Topliss-reactive ketones (excluding diaryl/α,β-unsaturated/α-hetero) is 2. The maximum Gasteiger partial charge on any atom is 0.419 e. The summed E-state index contributed by atoms with van der Waals surface area (Å²) in [7, 11) is 3.17. The van der Waals surface area contributed by atoms with E-state index in [9.17, 15) is 47.4 Å². The summed E-state index contributed by atoms with van der Waals surface area (Å²) in [5, 5.41) is 19.2. The molecule has 4 aromatic carbocycles. The van der Waals surface area contributed by atoms with Crippen LogP contribution in [-0.4, -0.2) is 106 Å². The molecule has 7 aromatic heterocycles. The number of alkyl halides is 3. The molecule has 0 bridgehead atoms. The number of aryl methyl sites for hydroxylation is 6. The number of phenolic OH excluding ortho intramolecular Hbond substituents is 2. The average Bonchev–Trinajstić information content (AvgIpc) is 1.64. The molecule has 11 rings (SSSR count). The number of methoxy groups -OCH3 is 2. The first kappa shape index (κ1) is 69.4. The van der Waals surface area contributed by atoms with Crippen LogP contribution < -0.4 is 15.2 Å². The lowest BCUT2D eigenvalue weighted by atomic mass is 10.1. The first-order valence-corrected chi connectivity index (χ1v) is 30.0. The number of aromatic hydroxyl groups is 2. The summed E-state index contributed by atoms with van der Waals surface area (Å²) in [6.45, 7) is 13.4. The minimum Gasteiger partial charge on any atom is -0.508 e. The molecule has 0 unspecified atom stereocenters. The number of aromatic nitrogens is 11. The molecule has 0 amide bonds. The van der Waals surface area contributed by atoms with Crippen molar-refractivity contribution < 1.29 is 56.8 Å². The molecular weight excluding hydrogens is 1320 g/mol. The predicted molar refractivity (Wildman–Crippen MR) is 345 cm³/mol. The molecule has 0 aliphatic rings. The van der Waals surface area contributed by atoms with Crippen molar-refractivity contribution in [1.82, 2.24) is 53.1 Å². The maximum absolute atomic E-state index is 13.0. The minimum absolute atomic E-state index is 0.0111. The molecule has 0 fully saturated rings. The van der Waals surface area contributed by atoms with Crippen LogP contribution in [0.25, 0.3) is 17.3 Å². The zero-order valence-electron chi connectivity index (χ0n) is 51.4. The molecule has 0 saturated heterocycles. The summed E-state index contributed by atoms with van der Waals surface area (Å²) in [5.41, 5.74) is 12.9. The number of imidazole rings is 3.